The third-order valence-corrected chi connectivity index (χ3v) is 8.14. The highest BCUT2D eigenvalue weighted by molar-refractivity contribution is 4.82. The van der Waals surface area contributed by atoms with Crippen molar-refractivity contribution in [2.24, 2.45) is 0 Å². The molecule has 3 atom stereocenters. The van der Waals surface area contributed by atoms with E-state index in [0.29, 0.717) is 138 Å². The Labute approximate surface area is 355 Å². The van der Waals surface area contributed by atoms with Crippen LogP contribution in [0.3, 0.4) is 0 Å². The predicted octanol–water partition coefficient (Wildman–Crippen LogP) is -2.42. The van der Waals surface area contributed by atoms with Crippen LogP contribution in [0.2, 0.25) is 0 Å². The fourth-order valence-corrected chi connectivity index (χ4v) is 5.29. The molecule has 21 heteroatoms. The maximum Gasteiger partial charge on any atom is 0.101 e. The molecule has 0 heterocycles. The first-order valence-electron chi connectivity index (χ1n) is 21.1. The van der Waals surface area contributed by atoms with Gasteiger partial charge in [-0.05, 0) is 19.3 Å². The molecule has 0 spiro atoms. The molecular weight excluding hydrogens is 804 g/mol. The van der Waals surface area contributed by atoms with Gasteiger partial charge in [0.15, 0.2) is 0 Å². The van der Waals surface area contributed by atoms with Crippen molar-refractivity contribution in [1.29, 1.82) is 0 Å². The van der Waals surface area contributed by atoms with E-state index < -0.39 is 18.3 Å². The van der Waals surface area contributed by atoms with Crippen LogP contribution in [0, 0.1) is 0 Å². The summed E-state index contributed by atoms with van der Waals surface area (Å²) in [4.78, 5) is 0. The van der Waals surface area contributed by atoms with E-state index in [-0.39, 0.29) is 97.6 Å². The molecule has 0 saturated heterocycles. The summed E-state index contributed by atoms with van der Waals surface area (Å²) in [5.74, 6) is 0. The maximum atomic E-state index is 10.5. The molecule has 6 N–H and O–H groups in total. The summed E-state index contributed by atoms with van der Waals surface area (Å²) in [5, 5.41) is 57.5. The number of hydrogen-bond acceptors (Lipinski definition) is 21. The molecule has 0 bridgehead atoms. The molecule has 1 aliphatic rings. The van der Waals surface area contributed by atoms with Gasteiger partial charge in [0.2, 0.25) is 0 Å². The van der Waals surface area contributed by atoms with Crippen LogP contribution in [0.5, 0.6) is 0 Å². The lowest BCUT2D eigenvalue weighted by atomic mass is 9.92. The van der Waals surface area contributed by atoms with Crippen LogP contribution in [-0.4, -0.2) is 265 Å². The minimum Gasteiger partial charge on any atom is -0.394 e. The van der Waals surface area contributed by atoms with Crippen molar-refractivity contribution in [2.45, 2.75) is 55.9 Å². The molecule has 360 valence electrons. The van der Waals surface area contributed by atoms with E-state index in [1.165, 1.54) is 0 Å². The highest BCUT2D eigenvalue weighted by atomic mass is 16.6. The number of aliphatic hydroxyl groups excluding tert-OH is 6. The second-order valence-electron chi connectivity index (χ2n) is 13.4. The summed E-state index contributed by atoms with van der Waals surface area (Å²) in [6.07, 6.45) is -2.00. The van der Waals surface area contributed by atoms with Crippen molar-refractivity contribution in [3.63, 3.8) is 0 Å². The summed E-state index contributed by atoms with van der Waals surface area (Å²) in [6, 6.07) is 0. The molecule has 60 heavy (non-hydrogen) atoms. The fourth-order valence-electron chi connectivity index (χ4n) is 5.29. The van der Waals surface area contributed by atoms with E-state index in [4.69, 9.17) is 86.4 Å². The van der Waals surface area contributed by atoms with Gasteiger partial charge in [-0.2, -0.15) is 0 Å². The first kappa shape index (κ1) is 57.2. The summed E-state index contributed by atoms with van der Waals surface area (Å²) < 4.78 is 82.6. The average Bonchev–Trinajstić information content (AvgIpc) is 3.25. The lowest BCUT2D eigenvalue weighted by Crippen LogP contribution is -2.41. The number of ether oxygens (including phenoxy) is 15. The van der Waals surface area contributed by atoms with Gasteiger partial charge in [-0.1, -0.05) is 0 Å². The summed E-state index contributed by atoms with van der Waals surface area (Å²) >= 11 is 0. The zero-order valence-corrected chi connectivity index (χ0v) is 35.6. The lowest BCUT2D eigenvalue weighted by Gasteiger charge is -2.35. The van der Waals surface area contributed by atoms with Gasteiger partial charge in [-0.3, -0.25) is 0 Å². The van der Waals surface area contributed by atoms with E-state index in [1.54, 1.807) is 0 Å². The summed E-state index contributed by atoms with van der Waals surface area (Å²) in [5.41, 5.74) is 0. The molecule has 1 saturated carbocycles. The molecular formula is C39H78O21. The highest BCUT2D eigenvalue weighted by Gasteiger charge is 2.32. The van der Waals surface area contributed by atoms with Gasteiger partial charge in [-0.25, -0.2) is 0 Å². The van der Waals surface area contributed by atoms with Gasteiger partial charge in [0, 0.05) is 0 Å². The van der Waals surface area contributed by atoms with Crippen LogP contribution < -0.4 is 0 Å². The van der Waals surface area contributed by atoms with Crippen LogP contribution in [0.25, 0.3) is 0 Å². The molecule has 1 fully saturated rings. The Morgan fingerprint density at radius 1 is 0.267 bits per heavy atom. The van der Waals surface area contributed by atoms with Crippen molar-refractivity contribution in [1.82, 2.24) is 0 Å². The van der Waals surface area contributed by atoms with Gasteiger partial charge in [0.1, 0.15) is 18.3 Å². The molecule has 0 aromatic rings. The molecule has 3 unspecified atom stereocenters. The Bertz CT molecular complexity index is 743. The zero-order chi connectivity index (χ0) is 43.4. The lowest BCUT2D eigenvalue weighted by molar-refractivity contribution is -0.137. The molecule has 0 aliphatic heterocycles. The van der Waals surface area contributed by atoms with Gasteiger partial charge >= 0.3 is 0 Å². The zero-order valence-electron chi connectivity index (χ0n) is 35.6. The molecule has 0 aromatic heterocycles. The second-order valence-corrected chi connectivity index (χ2v) is 13.4. The Kier molecular flexibility index (Phi) is 42.6. The smallest absolute Gasteiger partial charge is 0.101 e. The van der Waals surface area contributed by atoms with E-state index in [2.05, 4.69) is 0 Å². The highest BCUT2D eigenvalue weighted by Crippen LogP contribution is 2.27. The van der Waals surface area contributed by atoms with E-state index in [9.17, 15) is 15.3 Å². The third-order valence-electron chi connectivity index (χ3n) is 8.14. The van der Waals surface area contributed by atoms with Crippen LogP contribution in [0.1, 0.15) is 19.3 Å². The topological polar surface area (TPSA) is 260 Å². The van der Waals surface area contributed by atoms with Crippen LogP contribution in [0.4, 0.5) is 0 Å². The minimum atomic E-state index is -0.868. The molecule has 0 aromatic carbocycles. The Hall–Kier alpha value is -0.840. The summed E-state index contributed by atoms with van der Waals surface area (Å²) in [7, 11) is 0. The third kappa shape index (κ3) is 38.8. The SMILES string of the molecule is OCCOCCOCCOCCOCC(O)COC1CC(OCC(O)COCCOCCOCCOCCO)CC(OCC(O)COCCOCCOCCOCCO)C1. The van der Waals surface area contributed by atoms with Gasteiger partial charge in [-0.15, -0.1) is 0 Å². The van der Waals surface area contributed by atoms with Crippen molar-refractivity contribution in [2.75, 3.05) is 198 Å². The van der Waals surface area contributed by atoms with Crippen LogP contribution in [-0.2, 0) is 71.1 Å². The van der Waals surface area contributed by atoms with Crippen LogP contribution in [0.15, 0.2) is 0 Å². The first-order chi connectivity index (χ1) is 29.5. The number of aliphatic hydroxyl groups is 6. The van der Waals surface area contributed by atoms with Crippen molar-refractivity contribution in [3.8, 4) is 0 Å². The van der Waals surface area contributed by atoms with Crippen molar-refractivity contribution >= 4 is 0 Å². The first-order valence-corrected chi connectivity index (χ1v) is 21.1. The van der Waals surface area contributed by atoms with E-state index in [0.717, 1.165) is 0 Å². The fraction of sp³-hybridized carbons (Fsp3) is 1.00. The minimum absolute atomic E-state index is 0.0206. The summed E-state index contributed by atoms with van der Waals surface area (Å²) in [6.45, 7) is 7.86. The largest absolute Gasteiger partial charge is 0.394 e. The van der Waals surface area contributed by atoms with E-state index >= 15 is 0 Å². The van der Waals surface area contributed by atoms with Gasteiger partial charge < -0.3 is 102 Å². The Balaban J connectivity index is 2.35. The quantitative estimate of drug-likeness (QED) is 0.0348. The maximum absolute atomic E-state index is 10.5. The van der Waals surface area contributed by atoms with Crippen molar-refractivity contribution in [3.05, 3.63) is 0 Å². The normalized spacial score (nSPS) is 18.6. The predicted molar refractivity (Wildman–Crippen MR) is 212 cm³/mol. The van der Waals surface area contributed by atoms with Crippen molar-refractivity contribution < 1.29 is 102 Å². The van der Waals surface area contributed by atoms with E-state index in [1.807, 2.05) is 0 Å². The Morgan fingerprint density at radius 3 is 0.650 bits per heavy atom. The Morgan fingerprint density at radius 2 is 0.450 bits per heavy atom. The molecule has 0 radical (unpaired) electrons. The molecule has 0 amide bonds. The monoisotopic (exact) mass is 883 g/mol. The molecule has 1 rings (SSSR count). The van der Waals surface area contributed by atoms with Crippen LogP contribution >= 0.6 is 0 Å². The average molecular weight is 883 g/mol. The van der Waals surface area contributed by atoms with Gasteiger partial charge in [0.05, 0.1) is 217 Å². The number of hydrogen-bond donors (Lipinski definition) is 6. The molecule has 21 nitrogen and oxygen atoms in total. The van der Waals surface area contributed by atoms with Gasteiger partial charge in [0.25, 0.3) is 0 Å². The molecule has 1 aliphatic carbocycles. The number of rotatable bonds is 48. The second kappa shape index (κ2) is 44.8. The standard InChI is InChI=1S/C39H78O21/c40-1-4-46-7-10-49-13-16-52-19-22-55-28-34(43)31-58-37-25-38(59-32-35(44)29-56-23-20-53-17-14-50-11-8-47-5-2-41)27-39(26-37)60-33-36(45)30-57-24-21-54-18-15-51-12-9-48-6-3-42/h34-45H,1-33H2.